The second-order valence-electron chi connectivity index (χ2n) is 6.78. The Hall–Kier alpha value is -1.36. The molecule has 1 atom stereocenters. The van der Waals surface area contributed by atoms with E-state index in [2.05, 4.69) is 6.92 Å². The van der Waals surface area contributed by atoms with Gasteiger partial charge in [-0.3, -0.25) is 4.79 Å². The molecule has 1 aromatic rings. The van der Waals surface area contributed by atoms with Crippen LogP contribution in [0.1, 0.15) is 59.1 Å². The van der Waals surface area contributed by atoms with E-state index in [0.717, 1.165) is 32.4 Å². The number of hydrogen-bond acceptors (Lipinski definition) is 4. The van der Waals surface area contributed by atoms with E-state index in [1.165, 1.54) is 36.1 Å². The number of rotatable bonds is 3. The van der Waals surface area contributed by atoms with Crippen molar-refractivity contribution < 1.29 is 14.3 Å². The lowest BCUT2D eigenvalue weighted by Gasteiger charge is -2.30. The maximum absolute atomic E-state index is 12.2. The number of likely N-dealkylation sites (tertiary alicyclic amines) is 1. The Morgan fingerprint density at radius 3 is 2.91 bits per heavy atom. The minimum absolute atomic E-state index is 0.0666. The summed E-state index contributed by atoms with van der Waals surface area (Å²) >= 11 is 1.54. The Kier molecular flexibility index (Phi) is 5.36. The van der Waals surface area contributed by atoms with Crippen molar-refractivity contribution >= 4 is 23.2 Å². The SMILES string of the molecule is CC1CCCN(C(=O)COC(=O)c2cc3c(s2)CCCCC3)C1. The second kappa shape index (κ2) is 7.47. The summed E-state index contributed by atoms with van der Waals surface area (Å²) in [6.07, 6.45) is 8.01. The summed E-state index contributed by atoms with van der Waals surface area (Å²) in [7, 11) is 0. The predicted molar refractivity (Wildman–Crippen MR) is 90.8 cm³/mol. The van der Waals surface area contributed by atoms with Crippen molar-refractivity contribution in [1.82, 2.24) is 4.90 Å². The van der Waals surface area contributed by atoms with Crippen LogP contribution in [0.3, 0.4) is 0 Å². The molecule has 1 aliphatic heterocycles. The van der Waals surface area contributed by atoms with Crippen LogP contribution in [0, 0.1) is 5.92 Å². The van der Waals surface area contributed by atoms with Gasteiger partial charge in [-0.15, -0.1) is 11.3 Å². The van der Waals surface area contributed by atoms with E-state index < -0.39 is 0 Å². The van der Waals surface area contributed by atoms with Gasteiger partial charge in [0.05, 0.1) is 0 Å². The Morgan fingerprint density at radius 1 is 1.26 bits per heavy atom. The first kappa shape index (κ1) is 16.5. The van der Waals surface area contributed by atoms with E-state index in [-0.39, 0.29) is 18.5 Å². The van der Waals surface area contributed by atoms with Crippen molar-refractivity contribution in [2.24, 2.45) is 5.92 Å². The molecular formula is C18H25NO3S. The molecule has 5 heteroatoms. The quantitative estimate of drug-likeness (QED) is 0.628. The average Bonchev–Trinajstić information content (AvgIpc) is 2.83. The molecular weight excluding hydrogens is 310 g/mol. The summed E-state index contributed by atoms with van der Waals surface area (Å²) in [6, 6.07) is 1.97. The number of carbonyl (C=O) groups excluding carboxylic acids is 2. The van der Waals surface area contributed by atoms with Crippen LogP contribution in [-0.4, -0.2) is 36.5 Å². The first-order chi connectivity index (χ1) is 11.1. The fourth-order valence-electron chi connectivity index (χ4n) is 3.47. The standard InChI is InChI=1S/C18H25NO3S/c1-13-6-5-9-19(11-13)17(20)12-22-18(21)16-10-14-7-3-2-4-8-15(14)23-16/h10,13H,2-9,11-12H2,1H3. The number of hydrogen-bond donors (Lipinski definition) is 0. The molecule has 2 heterocycles. The molecule has 4 nitrogen and oxygen atoms in total. The van der Waals surface area contributed by atoms with Crippen LogP contribution in [0.5, 0.6) is 0 Å². The zero-order chi connectivity index (χ0) is 16.2. The highest BCUT2D eigenvalue weighted by atomic mass is 32.1. The molecule has 3 rings (SSSR count). The Balaban J connectivity index is 1.54. The molecule has 126 valence electrons. The van der Waals surface area contributed by atoms with Crippen LogP contribution in [0.2, 0.25) is 0 Å². The van der Waals surface area contributed by atoms with Gasteiger partial charge in [0, 0.05) is 18.0 Å². The minimum atomic E-state index is -0.346. The summed E-state index contributed by atoms with van der Waals surface area (Å²) in [5.41, 5.74) is 1.30. The average molecular weight is 335 g/mol. The third kappa shape index (κ3) is 4.14. The van der Waals surface area contributed by atoms with E-state index in [4.69, 9.17) is 4.74 Å². The summed E-state index contributed by atoms with van der Waals surface area (Å²) in [5, 5.41) is 0. The van der Waals surface area contributed by atoms with Crippen molar-refractivity contribution in [3.05, 3.63) is 21.4 Å². The van der Waals surface area contributed by atoms with Crippen LogP contribution < -0.4 is 0 Å². The number of esters is 1. The van der Waals surface area contributed by atoms with Gasteiger partial charge in [0.15, 0.2) is 6.61 Å². The first-order valence-corrected chi connectivity index (χ1v) is 9.51. The van der Waals surface area contributed by atoms with Crippen LogP contribution >= 0.6 is 11.3 Å². The third-order valence-electron chi connectivity index (χ3n) is 4.78. The number of nitrogens with zero attached hydrogens (tertiary/aromatic N) is 1. The zero-order valence-corrected chi connectivity index (χ0v) is 14.6. The van der Waals surface area contributed by atoms with Gasteiger partial charge < -0.3 is 9.64 Å². The fourth-order valence-corrected chi connectivity index (χ4v) is 4.62. The largest absolute Gasteiger partial charge is 0.451 e. The molecule has 1 unspecified atom stereocenters. The molecule has 1 saturated heterocycles. The van der Waals surface area contributed by atoms with E-state index in [0.29, 0.717) is 10.8 Å². The van der Waals surface area contributed by atoms with E-state index in [9.17, 15) is 9.59 Å². The topological polar surface area (TPSA) is 46.6 Å². The number of ether oxygens (including phenoxy) is 1. The fraction of sp³-hybridized carbons (Fsp3) is 0.667. The lowest BCUT2D eigenvalue weighted by molar-refractivity contribution is -0.136. The first-order valence-electron chi connectivity index (χ1n) is 8.70. The molecule has 0 aromatic carbocycles. The predicted octanol–water partition coefficient (Wildman–Crippen LogP) is 3.43. The summed E-state index contributed by atoms with van der Waals surface area (Å²) in [6.45, 7) is 3.59. The molecule has 1 aliphatic carbocycles. The monoisotopic (exact) mass is 335 g/mol. The highest BCUT2D eigenvalue weighted by Crippen LogP contribution is 2.29. The van der Waals surface area contributed by atoms with E-state index in [1.54, 1.807) is 11.3 Å². The van der Waals surface area contributed by atoms with Gasteiger partial charge in [0.1, 0.15) is 4.88 Å². The smallest absolute Gasteiger partial charge is 0.348 e. The summed E-state index contributed by atoms with van der Waals surface area (Å²) in [4.78, 5) is 28.2. The van der Waals surface area contributed by atoms with Gasteiger partial charge in [-0.05, 0) is 56.1 Å². The van der Waals surface area contributed by atoms with Crippen LogP contribution in [0.15, 0.2) is 6.07 Å². The van der Waals surface area contributed by atoms with Gasteiger partial charge in [0.25, 0.3) is 5.91 Å². The molecule has 0 radical (unpaired) electrons. The number of amides is 1. The molecule has 0 N–H and O–H groups in total. The molecule has 0 saturated carbocycles. The zero-order valence-electron chi connectivity index (χ0n) is 13.8. The molecule has 23 heavy (non-hydrogen) atoms. The number of aryl methyl sites for hydroxylation is 2. The normalized spacial score (nSPS) is 21.4. The Labute approximate surface area is 141 Å². The van der Waals surface area contributed by atoms with Crippen molar-refractivity contribution in [2.75, 3.05) is 19.7 Å². The van der Waals surface area contributed by atoms with Gasteiger partial charge in [-0.25, -0.2) is 4.79 Å². The maximum atomic E-state index is 12.2. The summed E-state index contributed by atoms with van der Waals surface area (Å²) < 4.78 is 5.27. The van der Waals surface area contributed by atoms with Crippen LogP contribution in [-0.2, 0) is 22.4 Å². The molecule has 0 bridgehead atoms. The highest BCUT2D eigenvalue weighted by Gasteiger charge is 2.23. The maximum Gasteiger partial charge on any atom is 0.348 e. The highest BCUT2D eigenvalue weighted by molar-refractivity contribution is 7.14. The molecule has 2 aliphatic rings. The van der Waals surface area contributed by atoms with E-state index in [1.807, 2.05) is 11.0 Å². The number of fused-ring (bicyclic) bond motifs is 1. The number of carbonyl (C=O) groups is 2. The van der Waals surface area contributed by atoms with Crippen molar-refractivity contribution in [1.29, 1.82) is 0 Å². The molecule has 0 spiro atoms. The van der Waals surface area contributed by atoms with Crippen LogP contribution in [0.25, 0.3) is 0 Å². The van der Waals surface area contributed by atoms with Crippen LogP contribution in [0.4, 0.5) is 0 Å². The summed E-state index contributed by atoms with van der Waals surface area (Å²) in [5.74, 6) is 0.126. The third-order valence-corrected chi connectivity index (χ3v) is 6.00. The second-order valence-corrected chi connectivity index (χ2v) is 7.92. The van der Waals surface area contributed by atoms with Gasteiger partial charge >= 0.3 is 5.97 Å². The lowest BCUT2D eigenvalue weighted by atomic mass is 10.0. The molecule has 1 aromatic heterocycles. The Bertz CT molecular complexity index is 557. The molecule has 1 amide bonds. The lowest BCUT2D eigenvalue weighted by Crippen LogP contribution is -2.41. The molecule has 1 fully saturated rings. The number of thiophene rings is 1. The van der Waals surface area contributed by atoms with Gasteiger partial charge in [-0.1, -0.05) is 13.3 Å². The minimum Gasteiger partial charge on any atom is -0.451 e. The van der Waals surface area contributed by atoms with Gasteiger partial charge in [0.2, 0.25) is 0 Å². The van der Waals surface area contributed by atoms with Crippen molar-refractivity contribution in [3.63, 3.8) is 0 Å². The van der Waals surface area contributed by atoms with Crippen molar-refractivity contribution in [2.45, 2.75) is 51.9 Å². The van der Waals surface area contributed by atoms with Crippen molar-refractivity contribution in [3.8, 4) is 0 Å². The number of piperidine rings is 1. The van der Waals surface area contributed by atoms with E-state index >= 15 is 0 Å². The van der Waals surface area contributed by atoms with Gasteiger partial charge in [-0.2, -0.15) is 0 Å². The Morgan fingerprint density at radius 2 is 2.09 bits per heavy atom.